The second-order valence-corrected chi connectivity index (χ2v) is 7.36. The normalized spacial score (nSPS) is 13.7. The smallest absolute Gasteiger partial charge is 0.317 e. The van der Waals surface area contributed by atoms with Crippen LogP contribution in [0.5, 0.6) is 11.5 Å². The van der Waals surface area contributed by atoms with E-state index in [1.807, 2.05) is 35.2 Å². The number of pyridine rings is 1. The van der Waals surface area contributed by atoms with Crippen LogP contribution in [0.15, 0.2) is 41.1 Å². The van der Waals surface area contributed by atoms with Crippen molar-refractivity contribution in [3.05, 3.63) is 48.0 Å². The number of benzene rings is 1. The van der Waals surface area contributed by atoms with Crippen molar-refractivity contribution in [2.24, 2.45) is 0 Å². The molecular weight excluding hydrogens is 412 g/mol. The van der Waals surface area contributed by atoms with E-state index in [1.54, 1.807) is 27.3 Å². The lowest BCUT2D eigenvalue weighted by atomic mass is 10.2. The van der Waals surface area contributed by atoms with E-state index in [2.05, 4.69) is 25.3 Å². The van der Waals surface area contributed by atoms with Gasteiger partial charge in [-0.1, -0.05) is 11.2 Å². The number of carbonyl (C=O) groups excluding carboxylic acids is 1. The minimum atomic E-state index is -0.0878. The van der Waals surface area contributed by atoms with Gasteiger partial charge in [-0.05, 0) is 29.8 Å². The number of aryl methyl sites for hydroxylation is 1. The Morgan fingerprint density at radius 2 is 1.88 bits per heavy atom. The van der Waals surface area contributed by atoms with Crippen LogP contribution in [0.2, 0.25) is 0 Å². The largest absolute Gasteiger partial charge is 0.493 e. The fourth-order valence-electron chi connectivity index (χ4n) is 3.54. The number of nitrogens with zero attached hydrogens (tertiary/aromatic N) is 5. The van der Waals surface area contributed by atoms with E-state index in [0.717, 1.165) is 16.9 Å². The Kier molecular flexibility index (Phi) is 6.39. The van der Waals surface area contributed by atoms with Crippen LogP contribution in [0.3, 0.4) is 0 Å². The maximum Gasteiger partial charge on any atom is 0.317 e. The number of ether oxygens (including phenoxy) is 2. The van der Waals surface area contributed by atoms with Crippen LogP contribution in [-0.4, -0.2) is 66.5 Å². The molecular formula is C22H26N6O4. The fourth-order valence-corrected chi connectivity index (χ4v) is 3.54. The number of amides is 2. The Balaban J connectivity index is 1.28. The SMILES string of the molecule is COc1ccc(CNC(=O)N2CCN(c3ccc(-c4noc(C)n4)cn3)CC2)cc1OC. The van der Waals surface area contributed by atoms with Crippen LogP contribution in [-0.2, 0) is 6.54 Å². The number of aromatic nitrogens is 3. The van der Waals surface area contributed by atoms with Crippen LogP contribution in [0.25, 0.3) is 11.4 Å². The maximum atomic E-state index is 12.6. The van der Waals surface area contributed by atoms with Crippen molar-refractivity contribution in [2.75, 3.05) is 45.3 Å². The molecule has 0 bridgehead atoms. The Morgan fingerprint density at radius 3 is 2.50 bits per heavy atom. The van der Waals surface area contributed by atoms with Crippen molar-refractivity contribution < 1.29 is 18.8 Å². The number of urea groups is 1. The highest BCUT2D eigenvalue weighted by atomic mass is 16.5. The topological polar surface area (TPSA) is 106 Å². The van der Waals surface area contributed by atoms with Crippen molar-refractivity contribution in [3.63, 3.8) is 0 Å². The highest BCUT2D eigenvalue weighted by Gasteiger charge is 2.22. The van der Waals surface area contributed by atoms with Gasteiger partial charge in [0.2, 0.25) is 11.7 Å². The van der Waals surface area contributed by atoms with Crippen molar-refractivity contribution in [1.29, 1.82) is 0 Å². The van der Waals surface area contributed by atoms with Crippen LogP contribution in [0.4, 0.5) is 10.6 Å². The molecule has 10 nitrogen and oxygen atoms in total. The monoisotopic (exact) mass is 438 g/mol. The molecule has 10 heteroatoms. The summed E-state index contributed by atoms with van der Waals surface area (Å²) in [4.78, 5) is 25.3. The third-order valence-electron chi connectivity index (χ3n) is 5.32. The van der Waals surface area contributed by atoms with Gasteiger partial charge < -0.3 is 29.1 Å². The van der Waals surface area contributed by atoms with Gasteiger partial charge in [-0.2, -0.15) is 4.98 Å². The summed E-state index contributed by atoms with van der Waals surface area (Å²) in [5, 5.41) is 6.88. The molecule has 4 rings (SSSR count). The van der Waals surface area contributed by atoms with Crippen LogP contribution in [0, 0.1) is 6.92 Å². The maximum absolute atomic E-state index is 12.6. The number of rotatable bonds is 6. The summed E-state index contributed by atoms with van der Waals surface area (Å²) >= 11 is 0. The highest BCUT2D eigenvalue weighted by molar-refractivity contribution is 5.74. The molecule has 1 aromatic carbocycles. The Morgan fingerprint density at radius 1 is 1.09 bits per heavy atom. The average molecular weight is 438 g/mol. The second kappa shape index (κ2) is 9.54. The Bertz CT molecular complexity index is 1060. The summed E-state index contributed by atoms with van der Waals surface area (Å²) in [6.45, 7) is 4.81. The molecule has 0 atom stereocenters. The quantitative estimate of drug-likeness (QED) is 0.626. The van der Waals surface area contributed by atoms with Crippen LogP contribution >= 0.6 is 0 Å². The van der Waals surface area contributed by atoms with Gasteiger partial charge in [0.1, 0.15) is 5.82 Å². The number of piperazine rings is 1. The minimum absolute atomic E-state index is 0.0878. The lowest BCUT2D eigenvalue weighted by Gasteiger charge is -2.35. The van der Waals surface area contributed by atoms with E-state index in [4.69, 9.17) is 14.0 Å². The molecule has 0 unspecified atom stereocenters. The molecule has 1 aliphatic rings. The molecule has 0 radical (unpaired) electrons. The second-order valence-electron chi connectivity index (χ2n) is 7.36. The summed E-state index contributed by atoms with van der Waals surface area (Å²) in [5.74, 6) is 3.20. The van der Waals surface area contributed by atoms with Crippen molar-refractivity contribution in [2.45, 2.75) is 13.5 Å². The Hall–Kier alpha value is -3.82. The molecule has 1 N–H and O–H groups in total. The number of anilines is 1. The summed E-state index contributed by atoms with van der Waals surface area (Å²) in [6.07, 6.45) is 1.74. The first-order chi connectivity index (χ1) is 15.6. The summed E-state index contributed by atoms with van der Waals surface area (Å²) < 4.78 is 15.6. The zero-order valence-electron chi connectivity index (χ0n) is 18.4. The van der Waals surface area contributed by atoms with E-state index in [1.165, 1.54) is 0 Å². The standard InChI is InChI=1S/C22H26N6O4/c1-15-25-21(26-32-15)17-5-7-20(23-14-17)27-8-10-28(11-9-27)22(29)24-13-16-4-6-18(30-2)19(12-16)31-3/h4-7,12,14H,8-11,13H2,1-3H3,(H,24,29). The molecule has 32 heavy (non-hydrogen) atoms. The molecule has 2 amide bonds. The first-order valence-corrected chi connectivity index (χ1v) is 10.3. The van der Waals surface area contributed by atoms with Crippen LogP contribution in [0.1, 0.15) is 11.5 Å². The zero-order valence-corrected chi connectivity index (χ0v) is 18.4. The lowest BCUT2D eigenvalue weighted by Crippen LogP contribution is -2.51. The lowest BCUT2D eigenvalue weighted by molar-refractivity contribution is 0.194. The van der Waals surface area contributed by atoms with E-state index in [9.17, 15) is 4.79 Å². The number of hydrogen-bond acceptors (Lipinski definition) is 8. The van der Waals surface area contributed by atoms with E-state index in [0.29, 0.717) is 55.9 Å². The van der Waals surface area contributed by atoms with Crippen LogP contribution < -0.4 is 19.7 Å². The van der Waals surface area contributed by atoms with E-state index in [-0.39, 0.29) is 6.03 Å². The number of methoxy groups -OCH3 is 2. The number of hydrogen-bond donors (Lipinski definition) is 1. The van der Waals surface area contributed by atoms with Gasteiger partial charge in [0, 0.05) is 51.4 Å². The van der Waals surface area contributed by atoms with Gasteiger partial charge in [-0.25, -0.2) is 9.78 Å². The van der Waals surface area contributed by atoms with Gasteiger partial charge >= 0.3 is 6.03 Å². The molecule has 1 aliphatic heterocycles. The van der Waals surface area contributed by atoms with Gasteiger partial charge in [0.15, 0.2) is 11.5 Å². The highest BCUT2D eigenvalue weighted by Crippen LogP contribution is 2.27. The summed E-state index contributed by atoms with van der Waals surface area (Å²) in [6, 6.07) is 9.38. The molecule has 3 heterocycles. The molecule has 0 spiro atoms. The molecule has 0 saturated carbocycles. The third-order valence-corrected chi connectivity index (χ3v) is 5.32. The predicted octanol–water partition coefficient (Wildman–Crippen LogP) is 2.49. The molecule has 168 valence electrons. The summed E-state index contributed by atoms with van der Waals surface area (Å²) in [7, 11) is 3.19. The third kappa shape index (κ3) is 4.74. The predicted molar refractivity (Wildman–Crippen MR) is 118 cm³/mol. The van der Waals surface area contributed by atoms with E-state index >= 15 is 0 Å². The molecule has 3 aromatic rings. The first kappa shape index (κ1) is 21.4. The molecule has 0 aliphatic carbocycles. The molecule has 1 saturated heterocycles. The molecule has 2 aromatic heterocycles. The fraction of sp³-hybridized carbons (Fsp3) is 0.364. The van der Waals surface area contributed by atoms with Crippen molar-refractivity contribution >= 4 is 11.8 Å². The van der Waals surface area contributed by atoms with Gasteiger partial charge in [-0.15, -0.1) is 0 Å². The van der Waals surface area contributed by atoms with Gasteiger partial charge in [0.25, 0.3) is 0 Å². The average Bonchev–Trinajstić information content (AvgIpc) is 3.28. The number of carbonyl (C=O) groups is 1. The summed E-state index contributed by atoms with van der Waals surface area (Å²) in [5.41, 5.74) is 1.74. The van der Waals surface area contributed by atoms with Gasteiger partial charge in [-0.3, -0.25) is 0 Å². The minimum Gasteiger partial charge on any atom is -0.493 e. The van der Waals surface area contributed by atoms with E-state index < -0.39 is 0 Å². The number of nitrogens with one attached hydrogen (secondary N) is 1. The molecule has 1 fully saturated rings. The van der Waals surface area contributed by atoms with Gasteiger partial charge in [0.05, 0.1) is 14.2 Å². The zero-order chi connectivity index (χ0) is 22.5. The first-order valence-electron chi connectivity index (χ1n) is 10.3. The Labute approximate surface area is 186 Å². The van der Waals surface area contributed by atoms with Crippen molar-refractivity contribution in [3.8, 4) is 22.9 Å². The van der Waals surface area contributed by atoms with Crippen molar-refractivity contribution in [1.82, 2.24) is 25.3 Å².